The molecule has 4 rings (SSSR count). The van der Waals surface area contributed by atoms with E-state index >= 15 is 0 Å². The van der Waals surface area contributed by atoms with Crippen molar-refractivity contribution in [3.05, 3.63) is 95.1 Å². The number of likely N-dealkylation sites (N-methyl/N-ethyl adjacent to an activating group) is 1. The Kier molecular flexibility index (Phi) is 6.26. The van der Waals surface area contributed by atoms with Crippen LogP contribution in [-0.2, 0) is 4.79 Å². The van der Waals surface area contributed by atoms with Crippen molar-refractivity contribution in [3.63, 3.8) is 0 Å². The first-order valence-corrected chi connectivity index (χ1v) is 10.8. The minimum atomic E-state index is -0.210. The molecule has 0 aliphatic carbocycles. The summed E-state index contributed by atoms with van der Waals surface area (Å²) in [6.45, 7) is 4.41. The first-order valence-electron chi connectivity index (χ1n) is 10.8. The summed E-state index contributed by atoms with van der Waals surface area (Å²) in [6, 6.07) is 23.9. The van der Waals surface area contributed by atoms with Crippen molar-refractivity contribution in [3.8, 4) is 5.75 Å². The molecular formula is C27H29N3O2. The Balaban J connectivity index is 1.68. The third-order valence-corrected chi connectivity index (χ3v) is 5.93. The molecule has 32 heavy (non-hydrogen) atoms. The lowest BCUT2D eigenvalue weighted by Crippen LogP contribution is -2.36. The van der Waals surface area contributed by atoms with Crippen molar-refractivity contribution in [2.45, 2.75) is 26.3 Å². The molecule has 1 heterocycles. The van der Waals surface area contributed by atoms with Gasteiger partial charge in [-0.05, 0) is 37.6 Å². The fourth-order valence-corrected chi connectivity index (χ4v) is 4.27. The second-order valence-electron chi connectivity index (χ2n) is 8.26. The van der Waals surface area contributed by atoms with E-state index in [1.165, 1.54) is 11.1 Å². The second kappa shape index (κ2) is 9.27. The maximum atomic E-state index is 13.5. The number of hydrogen-bond acceptors (Lipinski definition) is 4. The third kappa shape index (κ3) is 4.37. The van der Waals surface area contributed by atoms with Gasteiger partial charge in [-0.2, -0.15) is 5.10 Å². The molecule has 3 aromatic rings. The third-order valence-electron chi connectivity index (χ3n) is 5.93. The smallest absolute Gasteiger partial charge is 0.262 e. The molecule has 0 bridgehead atoms. The van der Waals surface area contributed by atoms with E-state index in [-0.39, 0.29) is 18.5 Å². The van der Waals surface area contributed by atoms with Gasteiger partial charge in [-0.1, -0.05) is 60.2 Å². The maximum Gasteiger partial charge on any atom is 0.262 e. The fraction of sp³-hybridized carbons (Fsp3) is 0.259. The highest BCUT2D eigenvalue weighted by Gasteiger charge is 2.35. The standard InChI is InChI=1S/C27H29N3O2/c1-19-14-15-22(20(2)16-19)24-17-25(23-12-8-9-13-26(23)32-4)30(28-24)27(31)18-29(3)21-10-6-5-7-11-21/h5-16,25H,17-18H2,1-4H3/t25-/m0/s1. The summed E-state index contributed by atoms with van der Waals surface area (Å²) in [7, 11) is 3.59. The normalized spacial score (nSPS) is 15.4. The van der Waals surface area contributed by atoms with Crippen molar-refractivity contribution in [2.24, 2.45) is 5.10 Å². The molecule has 1 amide bonds. The lowest BCUT2D eigenvalue weighted by atomic mass is 9.95. The predicted octanol–water partition coefficient (Wildman–Crippen LogP) is 5.13. The van der Waals surface area contributed by atoms with Gasteiger partial charge in [-0.15, -0.1) is 0 Å². The van der Waals surface area contributed by atoms with Gasteiger partial charge in [0.2, 0.25) is 0 Å². The average molecular weight is 428 g/mol. The zero-order chi connectivity index (χ0) is 22.7. The van der Waals surface area contributed by atoms with Crippen molar-refractivity contribution in [2.75, 3.05) is 25.6 Å². The first kappa shape index (κ1) is 21.6. The molecule has 0 saturated carbocycles. The summed E-state index contributed by atoms with van der Waals surface area (Å²) in [5.41, 5.74) is 6.35. The van der Waals surface area contributed by atoms with Crippen LogP contribution in [-0.4, -0.2) is 37.3 Å². The van der Waals surface area contributed by atoms with E-state index in [0.717, 1.165) is 28.3 Å². The molecule has 1 atom stereocenters. The minimum Gasteiger partial charge on any atom is -0.496 e. The second-order valence-corrected chi connectivity index (χ2v) is 8.26. The number of nitrogens with zero attached hydrogens (tertiary/aromatic N) is 3. The minimum absolute atomic E-state index is 0.0491. The van der Waals surface area contributed by atoms with E-state index < -0.39 is 0 Å². The highest BCUT2D eigenvalue weighted by molar-refractivity contribution is 6.04. The summed E-state index contributed by atoms with van der Waals surface area (Å²) in [5, 5.41) is 6.49. The largest absolute Gasteiger partial charge is 0.496 e. The number of hydrazone groups is 1. The molecule has 5 nitrogen and oxygen atoms in total. The Morgan fingerprint density at radius 2 is 1.78 bits per heavy atom. The van der Waals surface area contributed by atoms with Gasteiger partial charge < -0.3 is 9.64 Å². The van der Waals surface area contributed by atoms with Gasteiger partial charge in [0.15, 0.2) is 0 Å². The Labute approximate surface area is 189 Å². The molecule has 0 N–H and O–H groups in total. The van der Waals surface area contributed by atoms with E-state index in [9.17, 15) is 4.79 Å². The lowest BCUT2D eigenvalue weighted by Gasteiger charge is -2.26. The van der Waals surface area contributed by atoms with Gasteiger partial charge in [0.05, 0.1) is 25.4 Å². The molecule has 0 unspecified atom stereocenters. The number of benzene rings is 3. The molecule has 5 heteroatoms. The Morgan fingerprint density at radius 3 is 2.50 bits per heavy atom. The van der Waals surface area contributed by atoms with E-state index in [1.54, 1.807) is 12.1 Å². The number of ether oxygens (including phenoxy) is 1. The summed E-state index contributed by atoms with van der Waals surface area (Å²) >= 11 is 0. The number of para-hydroxylation sites is 2. The molecule has 164 valence electrons. The quantitative estimate of drug-likeness (QED) is 0.548. The molecule has 3 aromatic carbocycles. The summed E-state index contributed by atoms with van der Waals surface area (Å²) in [5.74, 6) is 0.718. The van der Waals surface area contributed by atoms with Gasteiger partial charge >= 0.3 is 0 Å². The van der Waals surface area contributed by atoms with Crippen LogP contribution in [0.4, 0.5) is 5.69 Å². The molecule has 1 aliphatic rings. The molecule has 0 radical (unpaired) electrons. The molecular weight excluding hydrogens is 398 g/mol. The Hall–Kier alpha value is -3.60. The summed E-state index contributed by atoms with van der Waals surface area (Å²) in [6.07, 6.45) is 0.644. The van der Waals surface area contributed by atoms with Crippen LogP contribution >= 0.6 is 0 Å². The van der Waals surface area contributed by atoms with Gasteiger partial charge in [0.1, 0.15) is 5.75 Å². The van der Waals surface area contributed by atoms with Gasteiger partial charge in [-0.3, -0.25) is 4.79 Å². The number of carbonyl (C=O) groups excluding carboxylic acids is 1. The Bertz CT molecular complexity index is 1140. The van der Waals surface area contributed by atoms with E-state index in [0.29, 0.717) is 6.42 Å². The van der Waals surface area contributed by atoms with Crippen LogP contribution in [0.15, 0.2) is 77.9 Å². The van der Waals surface area contributed by atoms with Crippen molar-refractivity contribution >= 4 is 17.3 Å². The Morgan fingerprint density at radius 1 is 1.06 bits per heavy atom. The number of hydrogen-bond donors (Lipinski definition) is 0. The molecule has 0 saturated heterocycles. The van der Waals surface area contributed by atoms with Crippen molar-refractivity contribution < 1.29 is 9.53 Å². The number of methoxy groups -OCH3 is 1. The number of rotatable bonds is 6. The zero-order valence-electron chi connectivity index (χ0n) is 19.1. The predicted molar refractivity (Wildman–Crippen MR) is 129 cm³/mol. The van der Waals surface area contributed by atoms with E-state index in [4.69, 9.17) is 9.84 Å². The van der Waals surface area contributed by atoms with Crippen molar-refractivity contribution in [1.82, 2.24) is 5.01 Å². The van der Waals surface area contributed by atoms with Crippen LogP contribution in [0.2, 0.25) is 0 Å². The highest BCUT2D eigenvalue weighted by atomic mass is 16.5. The molecule has 0 fully saturated rings. The first-order chi connectivity index (χ1) is 15.5. The number of aryl methyl sites for hydroxylation is 2. The monoisotopic (exact) mass is 427 g/mol. The van der Waals surface area contributed by atoms with Crippen LogP contribution in [0.1, 0.15) is 34.7 Å². The number of carbonyl (C=O) groups is 1. The molecule has 0 aromatic heterocycles. The van der Waals surface area contributed by atoms with Crippen LogP contribution in [0.25, 0.3) is 0 Å². The number of amides is 1. The fourth-order valence-electron chi connectivity index (χ4n) is 4.27. The van der Waals surface area contributed by atoms with Gasteiger partial charge in [0, 0.05) is 30.3 Å². The average Bonchev–Trinajstić information content (AvgIpc) is 3.24. The van der Waals surface area contributed by atoms with Crippen LogP contribution in [0, 0.1) is 13.8 Å². The maximum absolute atomic E-state index is 13.5. The lowest BCUT2D eigenvalue weighted by molar-refractivity contribution is -0.131. The molecule has 0 spiro atoms. The van der Waals surface area contributed by atoms with E-state index in [2.05, 4.69) is 32.0 Å². The van der Waals surface area contributed by atoms with E-state index in [1.807, 2.05) is 66.5 Å². The van der Waals surface area contributed by atoms with Crippen molar-refractivity contribution in [1.29, 1.82) is 0 Å². The topological polar surface area (TPSA) is 45.1 Å². The van der Waals surface area contributed by atoms with Gasteiger partial charge in [-0.25, -0.2) is 5.01 Å². The zero-order valence-corrected chi connectivity index (χ0v) is 19.1. The SMILES string of the molecule is COc1ccccc1[C@@H]1CC(c2ccc(C)cc2C)=NN1C(=O)CN(C)c1ccccc1. The van der Waals surface area contributed by atoms with Gasteiger partial charge in [0.25, 0.3) is 5.91 Å². The molecule has 1 aliphatic heterocycles. The summed E-state index contributed by atoms with van der Waals surface area (Å²) < 4.78 is 5.62. The van der Waals surface area contributed by atoms with Crippen LogP contribution in [0.5, 0.6) is 5.75 Å². The van der Waals surface area contributed by atoms with Crippen LogP contribution < -0.4 is 9.64 Å². The highest BCUT2D eigenvalue weighted by Crippen LogP contribution is 2.38. The number of anilines is 1. The summed E-state index contributed by atoms with van der Waals surface area (Å²) in [4.78, 5) is 15.4. The van der Waals surface area contributed by atoms with Crippen LogP contribution in [0.3, 0.4) is 0 Å².